The first kappa shape index (κ1) is 12.9. The maximum atomic E-state index is 6.48. The quantitative estimate of drug-likeness (QED) is 0.271. The number of fused-ring (bicyclic) bond motifs is 7. The van der Waals surface area contributed by atoms with Crippen molar-refractivity contribution in [1.29, 1.82) is 0 Å². The molecule has 5 aromatic rings. The van der Waals surface area contributed by atoms with Gasteiger partial charge in [-0.1, -0.05) is 84.4 Å². The molecule has 0 aliphatic heterocycles. The Bertz CT molecular complexity index is 1220. The van der Waals surface area contributed by atoms with E-state index in [-0.39, 0.29) is 0 Å². The highest BCUT2D eigenvalue weighted by atomic mass is 35.5. The molecule has 0 saturated carbocycles. The molecule has 0 aliphatic rings. The monoisotopic (exact) mass is 312 g/mol. The van der Waals surface area contributed by atoms with Gasteiger partial charge in [-0.15, -0.1) is 0 Å². The van der Waals surface area contributed by atoms with Crippen molar-refractivity contribution in [2.75, 3.05) is 0 Å². The van der Waals surface area contributed by atoms with Crippen LogP contribution in [0.25, 0.3) is 43.1 Å². The second-order valence-corrected chi connectivity index (χ2v) is 6.35. The van der Waals surface area contributed by atoms with E-state index in [0.717, 1.165) is 10.4 Å². The van der Waals surface area contributed by atoms with Gasteiger partial charge in [0.1, 0.15) is 0 Å². The molecule has 0 radical (unpaired) electrons. The molecule has 0 nitrogen and oxygen atoms in total. The summed E-state index contributed by atoms with van der Waals surface area (Å²) in [5.74, 6) is 0. The lowest BCUT2D eigenvalue weighted by Crippen LogP contribution is -1.83. The average molecular weight is 313 g/mol. The minimum atomic E-state index is 0.813. The van der Waals surface area contributed by atoms with E-state index < -0.39 is 0 Å². The molecule has 0 heterocycles. The van der Waals surface area contributed by atoms with Crippen molar-refractivity contribution in [3.8, 4) is 0 Å². The third kappa shape index (κ3) is 1.79. The van der Waals surface area contributed by atoms with E-state index in [0.29, 0.717) is 0 Å². The molecule has 0 unspecified atom stereocenters. The second-order valence-electron chi connectivity index (χ2n) is 5.95. The third-order valence-corrected chi connectivity index (χ3v) is 5.03. The van der Waals surface area contributed by atoms with E-state index in [1.165, 1.54) is 37.7 Å². The summed E-state index contributed by atoms with van der Waals surface area (Å²) < 4.78 is 0. The van der Waals surface area contributed by atoms with Crippen LogP contribution in [-0.4, -0.2) is 0 Å². The molecule has 0 amide bonds. The van der Waals surface area contributed by atoms with Crippen LogP contribution in [0.2, 0.25) is 5.02 Å². The number of halogens is 1. The Balaban J connectivity index is 2.05. The molecular weight excluding hydrogens is 300 g/mol. The maximum absolute atomic E-state index is 6.48. The second kappa shape index (κ2) is 4.71. The number of rotatable bonds is 0. The Morgan fingerprint density at radius 1 is 0.435 bits per heavy atom. The number of benzene rings is 5. The van der Waals surface area contributed by atoms with Gasteiger partial charge < -0.3 is 0 Å². The van der Waals surface area contributed by atoms with Crippen LogP contribution in [0.4, 0.5) is 0 Å². The summed E-state index contributed by atoms with van der Waals surface area (Å²) in [6.45, 7) is 0. The Morgan fingerprint density at radius 2 is 1.04 bits per heavy atom. The maximum Gasteiger partial charge on any atom is 0.0490 e. The molecular formula is C22H13Cl. The van der Waals surface area contributed by atoms with Crippen molar-refractivity contribution < 1.29 is 0 Å². The molecule has 0 aromatic heterocycles. The molecule has 0 N–H and O–H groups in total. The van der Waals surface area contributed by atoms with Crippen molar-refractivity contribution in [2.24, 2.45) is 0 Å². The fourth-order valence-electron chi connectivity index (χ4n) is 3.65. The molecule has 23 heavy (non-hydrogen) atoms. The zero-order valence-electron chi connectivity index (χ0n) is 12.4. The predicted octanol–water partition coefficient (Wildman–Crippen LogP) is 6.95. The highest BCUT2D eigenvalue weighted by Gasteiger charge is 2.08. The van der Waals surface area contributed by atoms with Crippen molar-refractivity contribution in [3.05, 3.63) is 83.9 Å². The molecule has 5 aromatic carbocycles. The standard InChI is InChI=1S/C22H13Cl/c23-21-7-3-5-15-9-11-19-18-10-8-14-4-1-2-6-16(14)17(18)12-13-20(19)22(15)21/h1-13H. The minimum Gasteiger partial charge on any atom is -0.0836 e. The highest BCUT2D eigenvalue weighted by Crippen LogP contribution is 2.36. The lowest BCUT2D eigenvalue weighted by Gasteiger charge is -2.10. The van der Waals surface area contributed by atoms with Crippen molar-refractivity contribution in [3.63, 3.8) is 0 Å². The van der Waals surface area contributed by atoms with Gasteiger partial charge in [-0.25, -0.2) is 0 Å². The zero-order valence-corrected chi connectivity index (χ0v) is 13.1. The Hall–Kier alpha value is -2.57. The molecule has 0 spiro atoms. The summed E-state index contributed by atoms with van der Waals surface area (Å²) in [7, 11) is 0. The summed E-state index contributed by atoms with van der Waals surface area (Å²) in [5, 5.41) is 10.8. The lowest BCUT2D eigenvalue weighted by atomic mass is 9.94. The summed E-state index contributed by atoms with van der Waals surface area (Å²) in [6, 6.07) is 27.9. The normalized spacial score (nSPS) is 11.7. The van der Waals surface area contributed by atoms with Crippen LogP contribution in [0.1, 0.15) is 0 Å². The minimum absolute atomic E-state index is 0.813. The van der Waals surface area contributed by atoms with E-state index in [4.69, 9.17) is 11.6 Å². The van der Waals surface area contributed by atoms with Gasteiger partial charge >= 0.3 is 0 Å². The molecule has 1 heteroatoms. The molecule has 0 bridgehead atoms. The van der Waals surface area contributed by atoms with Gasteiger partial charge in [0.15, 0.2) is 0 Å². The number of hydrogen-bond acceptors (Lipinski definition) is 0. The van der Waals surface area contributed by atoms with Gasteiger partial charge in [0.2, 0.25) is 0 Å². The average Bonchev–Trinajstić information content (AvgIpc) is 2.61. The highest BCUT2D eigenvalue weighted by molar-refractivity contribution is 6.38. The first-order chi connectivity index (χ1) is 11.3. The van der Waals surface area contributed by atoms with Crippen LogP contribution in [0, 0.1) is 0 Å². The van der Waals surface area contributed by atoms with Gasteiger partial charge in [-0.3, -0.25) is 0 Å². The fourth-order valence-corrected chi connectivity index (χ4v) is 3.93. The summed E-state index contributed by atoms with van der Waals surface area (Å²) >= 11 is 6.48. The molecule has 108 valence electrons. The first-order valence-corrected chi connectivity index (χ1v) is 8.12. The topological polar surface area (TPSA) is 0 Å². The smallest absolute Gasteiger partial charge is 0.0490 e. The van der Waals surface area contributed by atoms with Gasteiger partial charge in [-0.2, -0.15) is 0 Å². The zero-order chi connectivity index (χ0) is 15.4. The van der Waals surface area contributed by atoms with Gasteiger partial charge in [0, 0.05) is 10.4 Å². The van der Waals surface area contributed by atoms with Crippen LogP contribution in [0.3, 0.4) is 0 Å². The number of hydrogen-bond donors (Lipinski definition) is 0. The van der Waals surface area contributed by atoms with Crippen LogP contribution in [0.5, 0.6) is 0 Å². The largest absolute Gasteiger partial charge is 0.0836 e. The molecule has 0 saturated heterocycles. The van der Waals surface area contributed by atoms with E-state index in [1.807, 2.05) is 12.1 Å². The van der Waals surface area contributed by atoms with Crippen molar-refractivity contribution in [2.45, 2.75) is 0 Å². The van der Waals surface area contributed by atoms with E-state index in [9.17, 15) is 0 Å². The fraction of sp³-hybridized carbons (Fsp3) is 0. The van der Waals surface area contributed by atoms with Crippen LogP contribution in [-0.2, 0) is 0 Å². The summed E-state index contributed by atoms with van der Waals surface area (Å²) in [4.78, 5) is 0. The SMILES string of the molecule is Clc1cccc2ccc3c4ccc5ccccc5c4ccc3c12. The van der Waals surface area contributed by atoms with Gasteiger partial charge in [-0.05, 0) is 43.8 Å². The molecule has 0 fully saturated rings. The molecule has 0 aliphatic carbocycles. The Labute approximate surface area is 138 Å². The van der Waals surface area contributed by atoms with Gasteiger partial charge in [0.25, 0.3) is 0 Å². The van der Waals surface area contributed by atoms with E-state index >= 15 is 0 Å². The van der Waals surface area contributed by atoms with Crippen LogP contribution >= 0.6 is 11.6 Å². The molecule has 0 atom stereocenters. The molecule has 5 rings (SSSR count). The first-order valence-electron chi connectivity index (χ1n) is 7.74. The van der Waals surface area contributed by atoms with E-state index in [2.05, 4.69) is 66.7 Å². The van der Waals surface area contributed by atoms with Crippen LogP contribution in [0.15, 0.2) is 78.9 Å². The summed E-state index contributed by atoms with van der Waals surface area (Å²) in [6.07, 6.45) is 0. The summed E-state index contributed by atoms with van der Waals surface area (Å²) in [5.41, 5.74) is 0. The van der Waals surface area contributed by atoms with Crippen molar-refractivity contribution >= 4 is 54.7 Å². The lowest BCUT2D eigenvalue weighted by molar-refractivity contribution is 1.77. The predicted molar refractivity (Wildman–Crippen MR) is 101 cm³/mol. The van der Waals surface area contributed by atoms with Gasteiger partial charge in [0.05, 0.1) is 0 Å². The Kier molecular flexibility index (Phi) is 2.65. The van der Waals surface area contributed by atoms with Crippen LogP contribution < -0.4 is 0 Å². The van der Waals surface area contributed by atoms with E-state index in [1.54, 1.807) is 0 Å². The van der Waals surface area contributed by atoms with Crippen molar-refractivity contribution in [1.82, 2.24) is 0 Å². The third-order valence-electron chi connectivity index (χ3n) is 4.71. The Morgan fingerprint density at radius 3 is 1.96 bits per heavy atom.